The third kappa shape index (κ3) is 6.56. The average Bonchev–Trinajstić information content (AvgIpc) is 2.46. The Hall–Kier alpha value is -2.37. The van der Waals surface area contributed by atoms with E-state index in [2.05, 4.69) is 10.6 Å². The molecule has 1 atom stereocenters. The molecule has 3 N–H and O–H groups in total. The van der Waals surface area contributed by atoms with Gasteiger partial charge in [0.2, 0.25) is 11.8 Å². The van der Waals surface area contributed by atoms with Crippen LogP contribution < -0.4 is 10.6 Å². The molecule has 114 valence electrons. The van der Waals surface area contributed by atoms with Crippen LogP contribution in [-0.4, -0.2) is 35.5 Å². The SMILES string of the molecule is CCCC(=O)NCC(=O)N[C@H](Cc1ccccc1)C(=O)O. The van der Waals surface area contributed by atoms with E-state index in [4.69, 9.17) is 5.11 Å². The quantitative estimate of drug-likeness (QED) is 0.657. The summed E-state index contributed by atoms with van der Waals surface area (Å²) < 4.78 is 0. The molecule has 1 aromatic rings. The molecule has 0 aromatic heterocycles. The summed E-state index contributed by atoms with van der Waals surface area (Å²) in [5.74, 6) is -1.84. The summed E-state index contributed by atoms with van der Waals surface area (Å²) in [6, 6.07) is 8.03. The van der Waals surface area contributed by atoms with Gasteiger partial charge in [-0.05, 0) is 12.0 Å². The molecule has 1 aromatic carbocycles. The van der Waals surface area contributed by atoms with Gasteiger partial charge in [0.05, 0.1) is 6.54 Å². The predicted molar refractivity (Wildman–Crippen MR) is 77.6 cm³/mol. The molecule has 0 aliphatic heterocycles. The van der Waals surface area contributed by atoms with Gasteiger partial charge in [0.25, 0.3) is 0 Å². The molecule has 0 saturated heterocycles. The zero-order chi connectivity index (χ0) is 15.7. The molecule has 0 fully saturated rings. The summed E-state index contributed by atoms with van der Waals surface area (Å²) >= 11 is 0. The normalized spacial score (nSPS) is 11.5. The van der Waals surface area contributed by atoms with Crippen molar-refractivity contribution in [1.29, 1.82) is 0 Å². The number of carboxylic acids is 1. The number of hydrogen-bond acceptors (Lipinski definition) is 3. The highest BCUT2D eigenvalue weighted by atomic mass is 16.4. The van der Waals surface area contributed by atoms with E-state index in [1.807, 2.05) is 13.0 Å². The van der Waals surface area contributed by atoms with Crippen molar-refractivity contribution in [3.63, 3.8) is 0 Å². The first-order chi connectivity index (χ1) is 10.0. The van der Waals surface area contributed by atoms with Gasteiger partial charge in [-0.2, -0.15) is 0 Å². The summed E-state index contributed by atoms with van der Waals surface area (Å²) in [5.41, 5.74) is 0.820. The van der Waals surface area contributed by atoms with Crippen LogP contribution in [0.15, 0.2) is 30.3 Å². The van der Waals surface area contributed by atoms with Crippen LogP contribution >= 0.6 is 0 Å². The molecule has 2 amide bonds. The molecule has 0 saturated carbocycles. The third-order valence-corrected chi connectivity index (χ3v) is 2.84. The lowest BCUT2D eigenvalue weighted by Gasteiger charge is -2.15. The van der Waals surface area contributed by atoms with Crippen molar-refractivity contribution in [2.45, 2.75) is 32.2 Å². The van der Waals surface area contributed by atoms with Gasteiger partial charge in [-0.25, -0.2) is 4.79 Å². The number of carboxylic acid groups (broad SMARTS) is 1. The fourth-order valence-corrected chi connectivity index (χ4v) is 1.79. The van der Waals surface area contributed by atoms with E-state index < -0.39 is 17.9 Å². The van der Waals surface area contributed by atoms with E-state index in [0.29, 0.717) is 12.8 Å². The Morgan fingerprint density at radius 1 is 1.14 bits per heavy atom. The monoisotopic (exact) mass is 292 g/mol. The second kappa shape index (κ2) is 8.73. The number of rotatable bonds is 8. The van der Waals surface area contributed by atoms with Gasteiger partial charge < -0.3 is 15.7 Å². The lowest BCUT2D eigenvalue weighted by molar-refractivity contribution is -0.141. The van der Waals surface area contributed by atoms with Crippen LogP contribution in [0.2, 0.25) is 0 Å². The molecule has 1 rings (SSSR count). The minimum Gasteiger partial charge on any atom is -0.480 e. The van der Waals surface area contributed by atoms with Crippen LogP contribution in [0.3, 0.4) is 0 Å². The minimum absolute atomic E-state index is 0.199. The third-order valence-electron chi connectivity index (χ3n) is 2.84. The van der Waals surface area contributed by atoms with Gasteiger partial charge in [-0.1, -0.05) is 37.3 Å². The number of aliphatic carboxylic acids is 1. The fourth-order valence-electron chi connectivity index (χ4n) is 1.79. The predicted octanol–water partition coefficient (Wildman–Crippen LogP) is 0.715. The zero-order valence-electron chi connectivity index (χ0n) is 12.0. The first-order valence-electron chi connectivity index (χ1n) is 6.85. The van der Waals surface area contributed by atoms with Crippen LogP contribution in [0.1, 0.15) is 25.3 Å². The maximum Gasteiger partial charge on any atom is 0.326 e. The number of nitrogens with one attached hydrogen (secondary N) is 2. The Kier molecular flexibility index (Phi) is 6.94. The molecule has 6 nitrogen and oxygen atoms in total. The summed E-state index contributed by atoms with van der Waals surface area (Å²) in [5, 5.41) is 14.0. The first-order valence-corrected chi connectivity index (χ1v) is 6.85. The number of hydrogen-bond donors (Lipinski definition) is 3. The van der Waals surface area contributed by atoms with Gasteiger partial charge in [-0.15, -0.1) is 0 Å². The van der Waals surface area contributed by atoms with E-state index in [0.717, 1.165) is 5.56 Å². The van der Waals surface area contributed by atoms with Crippen molar-refractivity contribution in [2.24, 2.45) is 0 Å². The van der Waals surface area contributed by atoms with E-state index in [9.17, 15) is 14.4 Å². The summed E-state index contributed by atoms with van der Waals surface area (Å²) in [7, 11) is 0. The van der Waals surface area contributed by atoms with E-state index in [-0.39, 0.29) is 18.9 Å². The van der Waals surface area contributed by atoms with Crippen molar-refractivity contribution < 1.29 is 19.5 Å². The fraction of sp³-hybridized carbons (Fsp3) is 0.400. The number of benzene rings is 1. The molecule has 0 spiro atoms. The molecule has 0 bridgehead atoms. The van der Waals surface area contributed by atoms with Gasteiger partial charge >= 0.3 is 5.97 Å². The Morgan fingerprint density at radius 2 is 1.81 bits per heavy atom. The Labute approximate surface area is 123 Å². The minimum atomic E-state index is -1.10. The van der Waals surface area contributed by atoms with Crippen molar-refractivity contribution in [1.82, 2.24) is 10.6 Å². The first kappa shape index (κ1) is 16.7. The van der Waals surface area contributed by atoms with Crippen LogP contribution in [0.5, 0.6) is 0 Å². The van der Waals surface area contributed by atoms with E-state index >= 15 is 0 Å². The Bertz CT molecular complexity index is 488. The van der Waals surface area contributed by atoms with Crippen molar-refractivity contribution in [3.8, 4) is 0 Å². The second-order valence-electron chi connectivity index (χ2n) is 4.67. The van der Waals surface area contributed by atoms with Gasteiger partial charge in [-0.3, -0.25) is 9.59 Å². The number of amides is 2. The lowest BCUT2D eigenvalue weighted by atomic mass is 10.1. The van der Waals surface area contributed by atoms with Gasteiger partial charge in [0, 0.05) is 12.8 Å². The van der Waals surface area contributed by atoms with Crippen LogP contribution in [0, 0.1) is 0 Å². The highest BCUT2D eigenvalue weighted by Crippen LogP contribution is 2.03. The largest absolute Gasteiger partial charge is 0.480 e. The maximum absolute atomic E-state index is 11.7. The van der Waals surface area contributed by atoms with Crippen LogP contribution in [0.4, 0.5) is 0 Å². The summed E-state index contributed by atoms with van der Waals surface area (Å²) in [6.45, 7) is 1.65. The maximum atomic E-state index is 11.7. The topological polar surface area (TPSA) is 95.5 Å². The number of carbonyl (C=O) groups excluding carboxylic acids is 2. The molecular weight excluding hydrogens is 272 g/mol. The zero-order valence-corrected chi connectivity index (χ0v) is 12.0. The average molecular weight is 292 g/mol. The van der Waals surface area contributed by atoms with Gasteiger partial charge in [0.15, 0.2) is 0 Å². The molecular formula is C15H20N2O4. The highest BCUT2D eigenvalue weighted by molar-refractivity contribution is 5.87. The smallest absolute Gasteiger partial charge is 0.326 e. The van der Waals surface area contributed by atoms with Crippen LogP contribution in [0.25, 0.3) is 0 Å². The summed E-state index contributed by atoms with van der Waals surface area (Å²) in [6.07, 6.45) is 1.24. The number of carbonyl (C=O) groups is 3. The van der Waals surface area contributed by atoms with E-state index in [1.54, 1.807) is 24.3 Å². The second-order valence-corrected chi connectivity index (χ2v) is 4.67. The van der Waals surface area contributed by atoms with Crippen molar-refractivity contribution in [2.75, 3.05) is 6.54 Å². The standard InChI is InChI=1S/C15H20N2O4/c1-2-6-13(18)16-10-14(19)17-12(15(20)21)9-11-7-4-3-5-8-11/h3-5,7-8,12H,2,6,9-10H2,1H3,(H,16,18)(H,17,19)(H,20,21)/t12-/m1/s1. The molecule has 0 radical (unpaired) electrons. The molecule has 21 heavy (non-hydrogen) atoms. The Morgan fingerprint density at radius 3 is 2.38 bits per heavy atom. The van der Waals surface area contributed by atoms with Gasteiger partial charge in [0.1, 0.15) is 6.04 Å². The Balaban J connectivity index is 2.49. The van der Waals surface area contributed by atoms with Crippen molar-refractivity contribution in [3.05, 3.63) is 35.9 Å². The lowest BCUT2D eigenvalue weighted by Crippen LogP contribution is -2.46. The molecule has 0 heterocycles. The molecule has 0 aliphatic rings. The molecule has 6 heteroatoms. The molecule has 0 unspecified atom stereocenters. The molecule has 0 aliphatic carbocycles. The highest BCUT2D eigenvalue weighted by Gasteiger charge is 2.20. The van der Waals surface area contributed by atoms with Crippen molar-refractivity contribution >= 4 is 17.8 Å². The summed E-state index contributed by atoms with van der Waals surface area (Å²) in [4.78, 5) is 34.1. The van der Waals surface area contributed by atoms with Crippen LogP contribution in [-0.2, 0) is 20.8 Å². The van der Waals surface area contributed by atoms with E-state index in [1.165, 1.54) is 0 Å².